The monoisotopic (exact) mass is 414 g/mol. The zero-order valence-electron chi connectivity index (χ0n) is 17.5. The van der Waals surface area contributed by atoms with E-state index >= 15 is 0 Å². The van der Waals surface area contributed by atoms with Crippen molar-refractivity contribution >= 4 is 5.91 Å². The van der Waals surface area contributed by atoms with Crippen molar-refractivity contribution in [3.63, 3.8) is 0 Å². The number of rotatable bonds is 5. The highest BCUT2D eigenvalue weighted by Gasteiger charge is 2.36. The van der Waals surface area contributed by atoms with Gasteiger partial charge in [0.1, 0.15) is 0 Å². The molecular formula is C21H30N6O3. The Morgan fingerprint density at radius 3 is 2.77 bits per heavy atom. The zero-order chi connectivity index (χ0) is 21.1. The van der Waals surface area contributed by atoms with Gasteiger partial charge in [-0.3, -0.25) is 9.59 Å². The minimum Gasteiger partial charge on any atom is -0.387 e. The first-order chi connectivity index (χ1) is 14.4. The molecule has 2 saturated heterocycles. The van der Waals surface area contributed by atoms with E-state index in [0.29, 0.717) is 31.4 Å². The summed E-state index contributed by atoms with van der Waals surface area (Å²) in [6.07, 6.45) is 6.96. The van der Waals surface area contributed by atoms with Crippen molar-refractivity contribution in [1.29, 1.82) is 0 Å². The molecule has 1 atom stereocenters. The Morgan fingerprint density at radius 2 is 2.07 bits per heavy atom. The van der Waals surface area contributed by atoms with E-state index in [1.807, 2.05) is 6.07 Å². The van der Waals surface area contributed by atoms with Crippen LogP contribution >= 0.6 is 0 Å². The van der Waals surface area contributed by atoms with Gasteiger partial charge >= 0.3 is 0 Å². The largest absolute Gasteiger partial charge is 0.387 e. The fourth-order valence-electron chi connectivity index (χ4n) is 4.59. The maximum Gasteiger partial charge on any atom is 0.266 e. The Hall–Kier alpha value is -2.52. The number of amides is 1. The zero-order valence-corrected chi connectivity index (χ0v) is 17.5. The number of aliphatic hydroxyl groups is 1. The van der Waals surface area contributed by atoms with Crippen molar-refractivity contribution in [1.82, 2.24) is 29.4 Å². The van der Waals surface area contributed by atoms with E-state index in [4.69, 9.17) is 0 Å². The lowest BCUT2D eigenvalue weighted by Crippen LogP contribution is -2.56. The van der Waals surface area contributed by atoms with Gasteiger partial charge in [0.2, 0.25) is 5.91 Å². The van der Waals surface area contributed by atoms with E-state index in [1.54, 1.807) is 41.0 Å². The minimum atomic E-state index is -0.826. The van der Waals surface area contributed by atoms with Crippen molar-refractivity contribution in [2.75, 3.05) is 32.7 Å². The first-order valence-corrected chi connectivity index (χ1v) is 10.7. The van der Waals surface area contributed by atoms with Gasteiger partial charge in [0.05, 0.1) is 12.1 Å². The molecule has 1 amide bonds. The molecule has 2 aromatic heterocycles. The third-order valence-electron chi connectivity index (χ3n) is 6.25. The van der Waals surface area contributed by atoms with Crippen molar-refractivity contribution < 1.29 is 9.90 Å². The Kier molecular flexibility index (Phi) is 6.01. The number of β-amino-alcohol motifs (C(OH)–C–C–N with tert-alkyl or cyclic N) is 1. The first-order valence-electron chi connectivity index (χ1n) is 10.7. The number of nitrogens with zero attached hydrogens (tertiary/aromatic N) is 6. The summed E-state index contributed by atoms with van der Waals surface area (Å²) in [5.74, 6) is 1.03. The summed E-state index contributed by atoms with van der Waals surface area (Å²) in [6, 6.07) is 5.05. The molecule has 2 aliphatic heterocycles. The predicted octanol–water partition coefficient (Wildman–Crippen LogP) is 0.514. The predicted molar refractivity (Wildman–Crippen MR) is 111 cm³/mol. The second-order valence-electron chi connectivity index (χ2n) is 8.65. The number of carbonyl (C=O) groups is 1. The van der Waals surface area contributed by atoms with Crippen LogP contribution in [0.4, 0.5) is 0 Å². The fourth-order valence-corrected chi connectivity index (χ4v) is 4.59. The summed E-state index contributed by atoms with van der Waals surface area (Å²) in [6.45, 7) is 5.65. The smallest absolute Gasteiger partial charge is 0.266 e. The first kappa shape index (κ1) is 20.7. The van der Waals surface area contributed by atoms with E-state index in [-0.39, 0.29) is 11.5 Å². The van der Waals surface area contributed by atoms with Crippen LogP contribution in [0.25, 0.3) is 5.82 Å². The molecule has 0 aromatic carbocycles. The summed E-state index contributed by atoms with van der Waals surface area (Å²) in [5, 5.41) is 19.6. The molecule has 0 aliphatic carbocycles. The Morgan fingerprint density at radius 1 is 1.27 bits per heavy atom. The average Bonchev–Trinajstić information content (AvgIpc) is 3.26. The molecule has 0 spiro atoms. The summed E-state index contributed by atoms with van der Waals surface area (Å²) in [5.41, 5.74) is -0.929. The quantitative estimate of drug-likeness (QED) is 0.766. The van der Waals surface area contributed by atoms with Crippen LogP contribution in [-0.2, 0) is 11.3 Å². The molecule has 0 bridgehead atoms. The normalized spacial score (nSPS) is 23.6. The van der Waals surface area contributed by atoms with Crippen LogP contribution in [-0.4, -0.2) is 78.7 Å². The number of hydrogen-bond acceptors (Lipinski definition) is 6. The highest BCUT2D eigenvalue weighted by atomic mass is 16.3. The van der Waals surface area contributed by atoms with Crippen LogP contribution in [0.5, 0.6) is 0 Å². The molecule has 30 heavy (non-hydrogen) atoms. The number of likely N-dealkylation sites (tertiary alicyclic amines) is 2. The van der Waals surface area contributed by atoms with Crippen molar-refractivity contribution in [3.05, 3.63) is 40.9 Å². The Bertz CT molecular complexity index is 919. The van der Waals surface area contributed by atoms with Gasteiger partial charge in [-0.2, -0.15) is 5.10 Å². The number of aromatic nitrogens is 4. The number of hydrogen-bond donors (Lipinski definition) is 1. The number of piperidine rings is 2. The molecule has 9 heteroatoms. The van der Waals surface area contributed by atoms with E-state index in [9.17, 15) is 14.7 Å². The van der Waals surface area contributed by atoms with Crippen LogP contribution < -0.4 is 5.56 Å². The molecule has 2 aromatic rings. The minimum absolute atomic E-state index is 0.0297. The lowest BCUT2D eigenvalue weighted by molar-refractivity contribution is -0.137. The maximum atomic E-state index is 12.3. The summed E-state index contributed by atoms with van der Waals surface area (Å²) in [7, 11) is 0. The third kappa shape index (κ3) is 4.79. The van der Waals surface area contributed by atoms with Crippen LogP contribution in [0.2, 0.25) is 0 Å². The third-order valence-corrected chi connectivity index (χ3v) is 6.25. The van der Waals surface area contributed by atoms with Gasteiger partial charge < -0.3 is 14.9 Å². The Labute approximate surface area is 175 Å². The molecule has 9 nitrogen and oxygen atoms in total. The van der Waals surface area contributed by atoms with Crippen LogP contribution in [0, 0.1) is 5.92 Å². The van der Waals surface area contributed by atoms with Crippen molar-refractivity contribution in [2.24, 2.45) is 5.92 Å². The SMILES string of the molecule is CC(=O)N1CCCC(O)(CN2CCC(Cn3nc(-n4cccn4)ccc3=O)CC2)C1. The maximum absolute atomic E-state index is 12.3. The molecule has 162 valence electrons. The van der Waals surface area contributed by atoms with Crippen molar-refractivity contribution in [2.45, 2.75) is 44.8 Å². The summed E-state index contributed by atoms with van der Waals surface area (Å²) in [4.78, 5) is 28.0. The highest BCUT2D eigenvalue weighted by molar-refractivity contribution is 5.73. The van der Waals surface area contributed by atoms with E-state index < -0.39 is 5.60 Å². The van der Waals surface area contributed by atoms with E-state index in [1.165, 1.54) is 4.68 Å². The lowest BCUT2D eigenvalue weighted by Gasteiger charge is -2.43. The lowest BCUT2D eigenvalue weighted by atomic mass is 9.90. The van der Waals surface area contributed by atoms with E-state index in [2.05, 4.69) is 15.1 Å². The average molecular weight is 415 g/mol. The molecule has 4 rings (SSSR count). The van der Waals surface area contributed by atoms with Crippen LogP contribution in [0.15, 0.2) is 35.4 Å². The molecule has 0 saturated carbocycles. The molecule has 4 heterocycles. The molecule has 2 aliphatic rings. The van der Waals surface area contributed by atoms with Gasteiger partial charge in [0.25, 0.3) is 5.56 Å². The second-order valence-corrected chi connectivity index (χ2v) is 8.65. The standard InChI is InChI=1S/C21H30N6O3/c1-17(28)25-10-2-8-21(30,16-25)15-24-12-6-18(7-13-24)14-27-20(29)5-4-19(23-27)26-11-3-9-22-26/h3-5,9,11,18,30H,2,6-8,10,12-16H2,1H3. The second kappa shape index (κ2) is 8.69. The van der Waals surface area contributed by atoms with Gasteiger partial charge in [0.15, 0.2) is 5.82 Å². The fraction of sp³-hybridized carbons (Fsp3) is 0.619. The molecule has 1 N–H and O–H groups in total. The van der Waals surface area contributed by atoms with Gasteiger partial charge in [-0.25, -0.2) is 9.36 Å². The van der Waals surface area contributed by atoms with E-state index in [0.717, 1.165) is 45.3 Å². The topological polar surface area (TPSA) is 96.5 Å². The molecule has 2 fully saturated rings. The van der Waals surface area contributed by atoms with Crippen LogP contribution in [0.3, 0.4) is 0 Å². The van der Waals surface area contributed by atoms with Gasteiger partial charge in [-0.1, -0.05) is 0 Å². The Balaban J connectivity index is 1.33. The van der Waals surface area contributed by atoms with Gasteiger partial charge in [-0.05, 0) is 56.8 Å². The number of carbonyl (C=O) groups excluding carboxylic acids is 1. The molecule has 0 radical (unpaired) electrons. The highest BCUT2D eigenvalue weighted by Crippen LogP contribution is 2.25. The summed E-state index contributed by atoms with van der Waals surface area (Å²) < 4.78 is 3.19. The van der Waals surface area contributed by atoms with Gasteiger partial charge in [-0.15, -0.1) is 5.10 Å². The van der Waals surface area contributed by atoms with Crippen molar-refractivity contribution in [3.8, 4) is 5.82 Å². The molecule has 1 unspecified atom stereocenters. The van der Waals surface area contributed by atoms with Crippen LogP contribution in [0.1, 0.15) is 32.6 Å². The van der Waals surface area contributed by atoms with Gasteiger partial charge in [0, 0.05) is 45.0 Å². The summed E-state index contributed by atoms with van der Waals surface area (Å²) >= 11 is 0. The molecular weight excluding hydrogens is 384 g/mol.